The second-order valence-corrected chi connectivity index (χ2v) is 4.09. The molecule has 0 fully saturated rings. The Kier molecular flexibility index (Phi) is 3.08. The van der Waals surface area contributed by atoms with Gasteiger partial charge >= 0.3 is 0 Å². The van der Waals surface area contributed by atoms with Gasteiger partial charge in [0, 0.05) is 11.8 Å². The van der Waals surface area contributed by atoms with E-state index in [0.29, 0.717) is 0 Å². The first-order chi connectivity index (χ1) is 8.08. The van der Waals surface area contributed by atoms with E-state index < -0.39 is 0 Å². The van der Waals surface area contributed by atoms with Crippen molar-refractivity contribution in [2.75, 3.05) is 5.32 Å². The van der Waals surface area contributed by atoms with Gasteiger partial charge in [0.25, 0.3) is 0 Å². The van der Waals surface area contributed by atoms with E-state index in [9.17, 15) is 0 Å². The largest absolute Gasteiger partial charge is 0.363 e. The van der Waals surface area contributed by atoms with Gasteiger partial charge in [-0.2, -0.15) is 0 Å². The summed E-state index contributed by atoms with van der Waals surface area (Å²) in [6, 6.07) is 1.96. The Bertz CT molecular complexity index is 501. The fourth-order valence-corrected chi connectivity index (χ4v) is 1.94. The van der Waals surface area contributed by atoms with E-state index in [2.05, 4.69) is 27.4 Å². The number of aromatic nitrogens is 3. The van der Waals surface area contributed by atoms with E-state index in [4.69, 9.17) is 4.52 Å². The molecule has 2 aromatic rings. The maximum absolute atomic E-state index is 5.16. The minimum Gasteiger partial charge on any atom is -0.363 e. The van der Waals surface area contributed by atoms with Crippen molar-refractivity contribution < 1.29 is 4.52 Å². The number of nitrogens with zero attached hydrogens (tertiary/aromatic N) is 3. The molecule has 1 unspecified atom stereocenters. The SMILES string of the molecule is Cc1nccc(NC(C)c2c(C)noc2C)n1. The fraction of sp³-hybridized carbons (Fsp3) is 0.417. The standard InChI is InChI=1S/C12H16N4O/c1-7(12-8(2)16-17-9(12)3)14-11-5-6-13-10(4)15-11/h5-7H,1-4H3,(H,13,14,15). The van der Waals surface area contributed by atoms with Gasteiger partial charge in [-0.05, 0) is 33.8 Å². The minimum absolute atomic E-state index is 0.107. The molecular weight excluding hydrogens is 216 g/mol. The van der Waals surface area contributed by atoms with Crippen LogP contribution in [-0.2, 0) is 0 Å². The second kappa shape index (κ2) is 4.53. The molecule has 1 N–H and O–H groups in total. The van der Waals surface area contributed by atoms with Crippen LogP contribution in [0.25, 0.3) is 0 Å². The van der Waals surface area contributed by atoms with E-state index in [1.165, 1.54) is 0 Å². The highest BCUT2D eigenvalue weighted by atomic mass is 16.5. The van der Waals surface area contributed by atoms with Gasteiger partial charge in [-0.3, -0.25) is 0 Å². The van der Waals surface area contributed by atoms with Crippen LogP contribution in [0.15, 0.2) is 16.8 Å². The van der Waals surface area contributed by atoms with Gasteiger partial charge in [0.05, 0.1) is 11.7 Å². The van der Waals surface area contributed by atoms with Crippen molar-refractivity contribution in [1.29, 1.82) is 0 Å². The number of anilines is 1. The monoisotopic (exact) mass is 232 g/mol. The zero-order valence-electron chi connectivity index (χ0n) is 10.5. The molecule has 0 radical (unpaired) electrons. The summed E-state index contributed by atoms with van der Waals surface area (Å²) in [7, 11) is 0. The Morgan fingerprint density at radius 2 is 2.06 bits per heavy atom. The number of aryl methyl sites for hydroxylation is 3. The summed E-state index contributed by atoms with van der Waals surface area (Å²) in [5.74, 6) is 2.40. The molecule has 17 heavy (non-hydrogen) atoms. The number of hydrogen-bond acceptors (Lipinski definition) is 5. The van der Waals surface area contributed by atoms with Crippen LogP contribution in [0.4, 0.5) is 5.82 Å². The summed E-state index contributed by atoms with van der Waals surface area (Å²) >= 11 is 0. The Morgan fingerprint density at radius 3 is 2.65 bits per heavy atom. The lowest BCUT2D eigenvalue weighted by Gasteiger charge is -2.14. The molecule has 2 aromatic heterocycles. The first-order valence-corrected chi connectivity index (χ1v) is 5.57. The highest BCUT2D eigenvalue weighted by molar-refractivity contribution is 5.38. The highest BCUT2D eigenvalue weighted by Crippen LogP contribution is 2.23. The molecule has 5 heteroatoms. The van der Waals surface area contributed by atoms with Crippen LogP contribution in [-0.4, -0.2) is 15.1 Å². The number of nitrogens with one attached hydrogen (secondary N) is 1. The smallest absolute Gasteiger partial charge is 0.139 e. The first kappa shape index (κ1) is 11.6. The molecule has 0 saturated heterocycles. The molecule has 0 aromatic carbocycles. The van der Waals surface area contributed by atoms with Crippen molar-refractivity contribution in [1.82, 2.24) is 15.1 Å². The molecule has 5 nitrogen and oxygen atoms in total. The van der Waals surface area contributed by atoms with E-state index in [0.717, 1.165) is 28.7 Å². The molecular formula is C12H16N4O. The normalized spacial score (nSPS) is 12.5. The lowest BCUT2D eigenvalue weighted by atomic mass is 10.1. The van der Waals surface area contributed by atoms with E-state index in [1.54, 1.807) is 6.20 Å². The summed E-state index contributed by atoms with van der Waals surface area (Å²) in [5, 5.41) is 7.26. The third kappa shape index (κ3) is 2.43. The van der Waals surface area contributed by atoms with Crippen LogP contribution in [0.2, 0.25) is 0 Å². The molecule has 0 aliphatic rings. The molecule has 0 spiro atoms. The van der Waals surface area contributed by atoms with Gasteiger partial charge in [-0.1, -0.05) is 5.16 Å². The second-order valence-electron chi connectivity index (χ2n) is 4.09. The molecule has 0 bridgehead atoms. The molecule has 0 aliphatic heterocycles. The molecule has 0 amide bonds. The lowest BCUT2D eigenvalue weighted by Crippen LogP contribution is -2.10. The zero-order valence-corrected chi connectivity index (χ0v) is 10.5. The van der Waals surface area contributed by atoms with Gasteiger partial charge in [-0.25, -0.2) is 9.97 Å². The van der Waals surface area contributed by atoms with Crippen molar-refractivity contribution >= 4 is 5.82 Å². The Balaban J connectivity index is 2.20. The lowest BCUT2D eigenvalue weighted by molar-refractivity contribution is 0.392. The molecule has 0 saturated carbocycles. The van der Waals surface area contributed by atoms with Gasteiger partial charge in [0.2, 0.25) is 0 Å². The average Bonchev–Trinajstić information content (AvgIpc) is 2.58. The molecule has 2 heterocycles. The molecule has 1 atom stereocenters. The Morgan fingerprint density at radius 1 is 1.29 bits per heavy atom. The predicted molar refractivity (Wildman–Crippen MR) is 64.8 cm³/mol. The summed E-state index contributed by atoms with van der Waals surface area (Å²) < 4.78 is 5.16. The van der Waals surface area contributed by atoms with Gasteiger partial charge in [0.15, 0.2) is 0 Å². The van der Waals surface area contributed by atoms with Crippen LogP contribution < -0.4 is 5.32 Å². The van der Waals surface area contributed by atoms with Crippen LogP contribution in [0.3, 0.4) is 0 Å². The van der Waals surface area contributed by atoms with Gasteiger partial charge < -0.3 is 9.84 Å². The van der Waals surface area contributed by atoms with Gasteiger partial charge in [-0.15, -0.1) is 0 Å². The van der Waals surface area contributed by atoms with Crippen LogP contribution in [0.5, 0.6) is 0 Å². The fourth-order valence-electron chi connectivity index (χ4n) is 1.94. The number of hydrogen-bond donors (Lipinski definition) is 1. The Labute approximate surface area is 100 Å². The summed E-state index contributed by atoms with van der Waals surface area (Å²) in [4.78, 5) is 8.37. The van der Waals surface area contributed by atoms with Crippen molar-refractivity contribution in [2.45, 2.75) is 33.7 Å². The summed E-state index contributed by atoms with van der Waals surface area (Å²) in [6.45, 7) is 7.78. The Hall–Kier alpha value is -1.91. The van der Waals surface area contributed by atoms with E-state index >= 15 is 0 Å². The minimum atomic E-state index is 0.107. The molecule has 2 rings (SSSR count). The molecule has 90 valence electrons. The average molecular weight is 232 g/mol. The van der Waals surface area contributed by atoms with Crippen molar-refractivity contribution in [3.8, 4) is 0 Å². The topological polar surface area (TPSA) is 63.8 Å². The van der Waals surface area contributed by atoms with Crippen molar-refractivity contribution in [2.24, 2.45) is 0 Å². The van der Waals surface area contributed by atoms with Crippen LogP contribution in [0, 0.1) is 20.8 Å². The van der Waals surface area contributed by atoms with E-state index in [1.807, 2.05) is 26.8 Å². The van der Waals surface area contributed by atoms with Gasteiger partial charge in [0.1, 0.15) is 17.4 Å². The first-order valence-electron chi connectivity index (χ1n) is 5.57. The zero-order chi connectivity index (χ0) is 12.4. The van der Waals surface area contributed by atoms with E-state index in [-0.39, 0.29) is 6.04 Å². The number of rotatable bonds is 3. The third-order valence-corrected chi connectivity index (χ3v) is 2.66. The van der Waals surface area contributed by atoms with Crippen LogP contribution >= 0.6 is 0 Å². The maximum Gasteiger partial charge on any atom is 0.139 e. The summed E-state index contributed by atoms with van der Waals surface area (Å²) in [6.07, 6.45) is 1.74. The third-order valence-electron chi connectivity index (χ3n) is 2.66. The van der Waals surface area contributed by atoms with Crippen LogP contribution in [0.1, 0.15) is 35.8 Å². The quantitative estimate of drug-likeness (QED) is 0.881. The van der Waals surface area contributed by atoms with Crippen molar-refractivity contribution in [3.05, 3.63) is 35.1 Å². The predicted octanol–water partition coefficient (Wildman–Crippen LogP) is 2.56. The highest BCUT2D eigenvalue weighted by Gasteiger charge is 2.16. The molecule has 0 aliphatic carbocycles. The van der Waals surface area contributed by atoms with Crippen molar-refractivity contribution in [3.63, 3.8) is 0 Å². The summed E-state index contributed by atoms with van der Waals surface area (Å²) in [5.41, 5.74) is 1.99. The maximum atomic E-state index is 5.16.